The van der Waals surface area contributed by atoms with Crippen LogP contribution in [-0.2, 0) is 17.5 Å². The number of nitrogens with zero attached hydrogens (tertiary/aromatic N) is 3. The molecule has 0 aliphatic carbocycles. The van der Waals surface area contributed by atoms with Gasteiger partial charge in [0.15, 0.2) is 5.65 Å². The molecule has 0 radical (unpaired) electrons. The van der Waals surface area contributed by atoms with E-state index in [-0.39, 0.29) is 7.37 Å². The van der Waals surface area contributed by atoms with E-state index in [4.69, 9.17) is 5.73 Å². The number of halogens is 3. The maximum absolute atomic E-state index is 12.6. The van der Waals surface area contributed by atoms with E-state index in [1.807, 2.05) is 6.07 Å². The van der Waals surface area contributed by atoms with E-state index >= 15 is 0 Å². The summed E-state index contributed by atoms with van der Waals surface area (Å²) in [7, 11) is 0. The van der Waals surface area contributed by atoms with E-state index in [0.717, 1.165) is 17.8 Å². The van der Waals surface area contributed by atoms with Crippen LogP contribution in [0, 0.1) is 0 Å². The first-order chi connectivity index (χ1) is 12.7. The summed E-state index contributed by atoms with van der Waals surface area (Å²) in [4.78, 5) is 15.4. The third-order valence-electron chi connectivity index (χ3n) is 3.92. The van der Waals surface area contributed by atoms with Gasteiger partial charge in [-0.25, -0.2) is 4.52 Å². The van der Waals surface area contributed by atoms with Gasteiger partial charge in [0, 0.05) is 13.7 Å². The summed E-state index contributed by atoms with van der Waals surface area (Å²) in [6, 6.07) is 9.43. The van der Waals surface area contributed by atoms with E-state index in [1.165, 1.54) is 12.1 Å². The summed E-state index contributed by atoms with van der Waals surface area (Å²) in [5.74, 6) is -0.226. The van der Waals surface area contributed by atoms with Crippen molar-refractivity contribution in [3.8, 4) is 0 Å². The second kappa shape index (κ2) is 7.23. The Hall–Kier alpha value is -3.14. The maximum atomic E-state index is 12.6. The van der Waals surface area contributed by atoms with E-state index in [1.54, 1.807) is 23.6 Å². The zero-order chi connectivity index (χ0) is 19.6. The molecule has 0 saturated carbocycles. The highest BCUT2D eigenvalue weighted by Gasteiger charge is 2.29. The molecule has 0 bridgehead atoms. The highest BCUT2D eigenvalue weighted by atomic mass is 19.4. The van der Waals surface area contributed by atoms with Gasteiger partial charge in [-0.1, -0.05) is 6.07 Å². The molecular formula is C17H19F3N6O. The lowest BCUT2D eigenvalue weighted by Crippen LogP contribution is -2.38. The second-order valence-corrected chi connectivity index (χ2v) is 5.93. The zero-order valence-corrected chi connectivity index (χ0v) is 14.3. The number of alkyl halides is 3. The van der Waals surface area contributed by atoms with Gasteiger partial charge in [-0.3, -0.25) is 4.79 Å². The molecule has 2 aromatic heterocycles. The molecule has 1 atom stereocenters. The molecule has 0 saturated heterocycles. The van der Waals surface area contributed by atoms with Crippen LogP contribution in [0.3, 0.4) is 0 Å². The van der Waals surface area contributed by atoms with E-state index in [9.17, 15) is 18.0 Å². The lowest BCUT2D eigenvalue weighted by atomic mass is 10.2. The highest BCUT2D eigenvalue weighted by molar-refractivity contribution is 5.79. The van der Waals surface area contributed by atoms with Gasteiger partial charge in [0.05, 0.1) is 17.3 Å². The van der Waals surface area contributed by atoms with Crippen molar-refractivity contribution in [2.75, 3.05) is 5.32 Å². The summed E-state index contributed by atoms with van der Waals surface area (Å²) in [5, 5.41) is 10.2. The Kier molecular flexibility index (Phi) is 5.00. The number of nitrogens with one attached hydrogen (secondary N) is 2. The number of primary amides is 1. The number of aromatic nitrogens is 3. The maximum Gasteiger partial charge on any atom is 0.416 e. The number of benzene rings is 1. The van der Waals surface area contributed by atoms with Crippen LogP contribution >= 0.6 is 0 Å². The monoisotopic (exact) mass is 380 g/mol. The van der Waals surface area contributed by atoms with Gasteiger partial charge in [-0.05, 0) is 43.3 Å². The van der Waals surface area contributed by atoms with Crippen molar-refractivity contribution in [2.45, 2.75) is 25.7 Å². The molecule has 0 aliphatic heterocycles. The fraction of sp³-hybridized carbons (Fsp3) is 0.235. The quantitative estimate of drug-likeness (QED) is 0.611. The first kappa shape index (κ1) is 18.6. The molecule has 0 fully saturated rings. The van der Waals surface area contributed by atoms with Crippen LogP contribution in [0.2, 0.25) is 0 Å². The smallest absolute Gasteiger partial charge is 0.368 e. The Morgan fingerprint density at radius 3 is 2.59 bits per heavy atom. The minimum Gasteiger partial charge on any atom is -0.368 e. The van der Waals surface area contributed by atoms with Gasteiger partial charge >= 0.3 is 6.18 Å². The summed E-state index contributed by atoms with van der Waals surface area (Å²) in [6.07, 6.45) is -4.39. The number of hydrogen-bond acceptors (Lipinski definition) is 5. The number of pyridine rings is 1. The zero-order valence-electron chi connectivity index (χ0n) is 14.3. The normalized spacial score (nSPS) is 12.9. The van der Waals surface area contributed by atoms with Gasteiger partial charge < -0.3 is 16.4 Å². The number of anilines is 2. The fourth-order valence-corrected chi connectivity index (χ4v) is 2.38. The van der Waals surface area contributed by atoms with Crippen molar-refractivity contribution in [1.29, 1.82) is 0 Å². The Morgan fingerprint density at radius 2 is 1.96 bits per heavy atom. The van der Waals surface area contributed by atoms with Crippen molar-refractivity contribution in [3.63, 3.8) is 0 Å². The fourth-order valence-electron chi connectivity index (χ4n) is 2.38. The average Bonchev–Trinajstić information content (AvgIpc) is 3.02. The van der Waals surface area contributed by atoms with Gasteiger partial charge in [0.25, 0.3) is 0 Å². The number of fused-ring (bicyclic) bond motifs is 1. The number of carbonyl (C=O) groups is 1. The molecule has 1 unspecified atom stereocenters. The first-order valence-corrected chi connectivity index (χ1v) is 8.05. The molecule has 27 heavy (non-hydrogen) atoms. The number of rotatable bonds is 6. The summed E-state index contributed by atoms with van der Waals surface area (Å²) >= 11 is 0. The van der Waals surface area contributed by atoms with E-state index in [0.29, 0.717) is 17.9 Å². The van der Waals surface area contributed by atoms with Crippen molar-refractivity contribution in [3.05, 3.63) is 53.7 Å². The Bertz CT molecular complexity index is 958. The van der Waals surface area contributed by atoms with E-state index < -0.39 is 23.7 Å². The summed E-state index contributed by atoms with van der Waals surface area (Å²) in [6.45, 7) is 1.99. The molecule has 2 heterocycles. The number of carbonyl (C=O) groups excluding carboxylic acids is 1. The second-order valence-electron chi connectivity index (χ2n) is 5.93. The van der Waals surface area contributed by atoms with Crippen LogP contribution in [0.1, 0.15) is 19.6 Å². The highest BCUT2D eigenvalue weighted by Crippen LogP contribution is 2.30. The van der Waals surface area contributed by atoms with Crippen LogP contribution in [0.25, 0.3) is 5.65 Å². The van der Waals surface area contributed by atoms with Crippen LogP contribution in [-0.4, -0.2) is 26.5 Å². The molecule has 10 heteroatoms. The Morgan fingerprint density at radius 1 is 1.26 bits per heavy atom. The number of nitrogens with two attached hydrogens (primary N) is 1. The topological polar surface area (TPSA) is 97.3 Å². The minimum absolute atomic E-state index is 0. The van der Waals surface area contributed by atoms with Gasteiger partial charge in [-0.15, -0.1) is 5.10 Å². The molecule has 0 aliphatic rings. The SMILES string of the molecule is CC(NCc1cccc2nc(Nc3ccc(C(F)(F)F)cc3)nn12)C(N)=O.[HH]. The van der Waals surface area contributed by atoms with Crippen LogP contribution < -0.4 is 16.4 Å². The lowest BCUT2D eigenvalue weighted by Gasteiger charge is -2.10. The molecule has 4 N–H and O–H groups in total. The molecule has 3 aromatic rings. The molecule has 1 aromatic carbocycles. The standard InChI is InChI=1S/C17H17F3N6O.H2/c1-10(15(21)27)22-9-13-3-2-4-14-24-16(25-26(13)14)23-12-7-5-11(6-8-12)17(18,19)20;/h2-8,10,22H,9H2,1H3,(H2,21,27)(H,23,25);1H. The average molecular weight is 380 g/mol. The Balaban J connectivity index is 0.00000280. The van der Waals surface area contributed by atoms with Crippen molar-refractivity contribution in [1.82, 2.24) is 19.9 Å². The predicted octanol–water partition coefficient (Wildman–Crippen LogP) is 2.70. The molecule has 1 amide bonds. The van der Waals surface area contributed by atoms with Gasteiger partial charge in [0.1, 0.15) is 0 Å². The van der Waals surface area contributed by atoms with Gasteiger partial charge in [0.2, 0.25) is 11.9 Å². The summed E-state index contributed by atoms with van der Waals surface area (Å²) < 4.78 is 39.5. The third-order valence-corrected chi connectivity index (χ3v) is 3.92. The van der Waals surface area contributed by atoms with E-state index in [2.05, 4.69) is 20.7 Å². The van der Waals surface area contributed by atoms with Crippen molar-refractivity contribution in [2.24, 2.45) is 5.73 Å². The Labute approximate surface area is 153 Å². The van der Waals surface area contributed by atoms with Crippen molar-refractivity contribution >= 4 is 23.2 Å². The number of hydrogen-bond donors (Lipinski definition) is 3. The summed E-state index contributed by atoms with van der Waals surface area (Å²) in [5.41, 5.74) is 6.22. The van der Waals surface area contributed by atoms with Crippen LogP contribution in [0.4, 0.5) is 24.8 Å². The minimum atomic E-state index is -4.39. The third kappa shape index (κ3) is 4.34. The van der Waals surface area contributed by atoms with Crippen molar-refractivity contribution < 1.29 is 19.4 Å². The van der Waals surface area contributed by atoms with Crippen LogP contribution in [0.5, 0.6) is 0 Å². The molecule has 0 spiro atoms. The molecule has 144 valence electrons. The largest absolute Gasteiger partial charge is 0.416 e. The van der Waals surface area contributed by atoms with Gasteiger partial charge in [-0.2, -0.15) is 18.2 Å². The first-order valence-electron chi connectivity index (χ1n) is 8.05. The predicted molar refractivity (Wildman–Crippen MR) is 95.3 cm³/mol. The molecule has 3 rings (SSSR count). The molecular weight excluding hydrogens is 361 g/mol. The lowest BCUT2D eigenvalue weighted by molar-refractivity contribution is -0.137. The molecule has 7 nitrogen and oxygen atoms in total. The van der Waals surface area contributed by atoms with Crippen LogP contribution in [0.15, 0.2) is 42.5 Å². The number of amides is 1.